The highest BCUT2D eigenvalue weighted by Gasteiger charge is 2.17. The first-order chi connectivity index (χ1) is 20.3. The maximum absolute atomic E-state index is 13.4. The molecule has 3 N–H and O–H groups in total. The van der Waals surface area contributed by atoms with Crippen LogP contribution < -0.4 is 20.7 Å². The van der Waals surface area contributed by atoms with Crippen LogP contribution in [-0.4, -0.2) is 29.6 Å². The van der Waals surface area contributed by atoms with E-state index in [9.17, 15) is 14.4 Å². The second kappa shape index (κ2) is 14.9. The van der Waals surface area contributed by atoms with Gasteiger partial charge in [-0.2, -0.15) is 0 Å². The van der Waals surface area contributed by atoms with Crippen molar-refractivity contribution in [1.29, 1.82) is 0 Å². The van der Waals surface area contributed by atoms with Gasteiger partial charge in [0.2, 0.25) is 5.91 Å². The van der Waals surface area contributed by atoms with Gasteiger partial charge in [-0.15, -0.1) is 11.8 Å². The number of hydrogen-bond acceptors (Lipinski definition) is 5. The fourth-order valence-corrected chi connectivity index (χ4v) is 4.93. The topological polar surface area (TPSA) is 96.5 Å². The third-order valence-electron chi connectivity index (χ3n) is 5.93. The number of benzene rings is 4. The third-order valence-corrected chi connectivity index (χ3v) is 7.28. The van der Waals surface area contributed by atoms with E-state index in [0.29, 0.717) is 39.9 Å². The number of carbonyl (C=O) groups is 3. The van der Waals surface area contributed by atoms with Crippen molar-refractivity contribution in [1.82, 2.24) is 5.32 Å². The Bertz CT molecular complexity index is 1580. The molecule has 0 aliphatic carbocycles. The second-order valence-electron chi connectivity index (χ2n) is 9.09. The quantitative estimate of drug-likeness (QED) is 0.124. The fourth-order valence-electron chi connectivity index (χ4n) is 3.87. The third kappa shape index (κ3) is 8.73. The summed E-state index contributed by atoms with van der Waals surface area (Å²) < 4.78 is 5.70. The molecule has 0 saturated heterocycles. The summed E-state index contributed by atoms with van der Waals surface area (Å²) in [5.74, 6) is -0.479. The monoisotopic (exact) mass is 599 g/mol. The summed E-state index contributed by atoms with van der Waals surface area (Å²) in [4.78, 5) is 39.8. The van der Waals surface area contributed by atoms with Crippen LogP contribution in [0.25, 0.3) is 6.08 Å². The maximum atomic E-state index is 13.4. The zero-order valence-electron chi connectivity index (χ0n) is 23.1. The number of amides is 3. The van der Waals surface area contributed by atoms with E-state index in [1.807, 2.05) is 50.2 Å². The van der Waals surface area contributed by atoms with E-state index in [1.54, 1.807) is 72.8 Å². The summed E-state index contributed by atoms with van der Waals surface area (Å²) in [5.41, 5.74) is 2.28. The maximum Gasteiger partial charge on any atom is 0.272 e. The second-order valence-corrected chi connectivity index (χ2v) is 10.9. The smallest absolute Gasteiger partial charge is 0.272 e. The molecule has 0 aliphatic heterocycles. The summed E-state index contributed by atoms with van der Waals surface area (Å²) in [6, 6.07) is 30.0. The highest BCUT2D eigenvalue weighted by Crippen LogP contribution is 2.27. The standard InChI is InChI=1S/C33H30ClN3O4S/c1-3-41-30-15-8-7-12-24(30)20-29(37-32(39)23-10-5-4-6-11-23)33(40)35-26-16-18-28(19-17-26)42-22(2)31(38)36-27-14-9-13-25(34)21-27/h4-22H,3H2,1-2H3,(H,35,40)(H,36,38)(H,37,39)/b29-20-. The Balaban J connectivity index is 1.46. The average molecular weight is 600 g/mol. The van der Waals surface area contributed by atoms with Gasteiger partial charge in [0.05, 0.1) is 11.9 Å². The number of nitrogens with one attached hydrogen (secondary N) is 3. The first-order valence-corrected chi connectivity index (χ1v) is 14.5. The normalized spacial score (nSPS) is 11.7. The Labute approximate surface area is 254 Å². The van der Waals surface area contributed by atoms with E-state index in [0.717, 1.165) is 4.90 Å². The molecule has 4 aromatic carbocycles. The van der Waals surface area contributed by atoms with Crippen molar-refractivity contribution in [2.45, 2.75) is 24.0 Å². The van der Waals surface area contributed by atoms with Gasteiger partial charge >= 0.3 is 0 Å². The SMILES string of the molecule is CCOc1ccccc1/C=C(\NC(=O)c1ccccc1)C(=O)Nc1ccc(SC(C)C(=O)Nc2cccc(Cl)c2)cc1. The van der Waals surface area contributed by atoms with Crippen molar-refractivity contribution >= 4 is 58.5 Å². The lowest BCUT2D eigenvalue weighted by atomic mass is 10.1. The summed E-state index contributed by atoms with van der Waals surface area (Å²) in [7, 11) is 0. The minimum Gasteiger partial charge on any atom is -0.493 e. The number of rotatable bonds is 11. The van der Waals surface area contributed by atoms with Gasteiger partial charge in [-0.3, -0.25) is 14.4 Å². The van der Waals surface area contributed by atoms with Gasteiger partial charge in [0.1, 0.15) is 11.4 Å². The minimum absolute atomic E-state index is 0.0563. The van der Waals surface area contributed by atoms with Crippen LogP contribution in [0.5, 0.6) is 5.75 Å². The van der Waals surface area contributed by atoms with Gasteiger partial charge in [0.15, 0.2) is 0 Å². The van der Waals surface area contributed by atoms with E-state index in [4.69, 9.17) is 16.3 Å². The number of halogens is 1. The van der Waals surface area contributed by atoms with Gasteiger partial charge in [0.25, 0.3) is 11.8 Å². The molecule has 3 amide bonds. The number of hydrogen-bond donors (Lipinski definition) is 3. The zero-order chi connectivity index (χ0) is 29.9. The molecule has 4 aromatic rings. The Morgan fingerprint density at radius 3 is 2.29 bits per heavy atom. The van der Waals surface area contributed by atoms with E-state index >= 15 is 0 Å². The summed E-state index contributed by atoms with van der Waals surface area (Å²) >= 11 is 7.39. The lowest BCUT2D eigenvalue weighted by Gasteiger charge is -2.14. The molecule has 0 bridgehead atoms. The van der Waals surface area contributed by atoms with E-state index < -0.39 is 11.8 Å². The van der Waals surface area contributed by atoms with Gasteiger partial charge in [0, 0.05) is 32.4 Å². The predicted molar refractivity (Wildman–Crippen MR) is 170 cm³/mol. The minimum atomic E-state index is -0.500. The lowest BCUT2D eigenvalue weighted by molar-refractivity contribution is -0.115. The lowest BCUT2D eigenvalue weighted by Crippen LogP contribution is -2.30. The van der Waals surface area contributed by atoms with Crippen molar-refractivity contribution < 1.29 is 19.1 Å². The molecule has 1 atom stereocenters. The number of carbonyl (C=O) groups excluding carboxylic acids is 3. The van der Waals surface area contributed by atoms with E-state index in [2.05, 4.69) is 16.0 Å². The molecule has 0 saturated carbocycles. The van der Waals surface area contributed by atoms with Crippen LogP contribution in [0.15, 0.2) is 114 Å². The number of para-hydroxylation sites is 1. The number of anilines is 2. The van der Waals surface area contributed by atoms with Crippen molar-refractivity contribution in [3.05, 3.63) is 125 Å². The Morgan fingerprint density at radius 1 is 0.857 bits per heavy atom. The Hall–Kier alpha value is -4.53. The summed E-state index contributed by atoms with van der Waals surface area (Å²) in [5, 5.41) is 8.62. The molecule has 0 aromatic heterocycles. The van der Waals surface area contributed by atoms with Crippen molar-refractivity contribution in [2.75, 3.05) is 17.2 Å². The molecule has 0 spiro atoms. The summed E-state index contributed by atoms with van der Waals surface area (Å²) in [6.07, 6.45) is 1.59. The molecule has 0 radical (unpaired) electrons. The fraction of sp³-hybridized carbons (Fsp3) is 0.121. The van der Waals surface area contributed by atoms with Crippen molar-refractivity contribution in [2.24, 2.45) is 0 Å². The molecule has 1 unspecified atom stereocenters. The van der Waals surface area contributed by atoms with Crippen molar-refractivity contribution in [3.8, 4) is 5.75 Å². The Kier molecular flexibility index (Phi) is 10.8. The average Bonchev–Trinajstić information content (AvgIpc) is 2.99. The first kappa shape index (κ1) is 30.4. The van der Waals surface area contributed by atoms with Crippen LogP contribution in [0.3, 0.4) is 0 Å². The zero-order valence-corrected chi connectivity index (χ0v) is 24.7. The molecular weight excluding hydrogens is 570 g/mol. The van der Waals surface area contributed by atoms with Crippen LogP contribution in [0, 0.1) is 0 Å². The molecule has 9 heteroatoms. The highest BCUT2D eigenvalue weighted by atomic mass is 35.5. The molecule has 42 heavy (non-hydrogen) atoms. The van der Waals surface area contributed by atoms with Gasteiger partial charge in [-0.25, -0.2) is 0 Å². The van der Waals surface area contributed by atoms with Crippen LogP contribution in [0.4, 0.5) is 11.4 Å². The predicted octanol–water partition coefficient (Wildman–Crippen LogP) is 7.27. The van der Waals surface area contributed by atoms with Gasteiger partial charge in [-0.1, -0.05) is 54.1 Å². The Morgan fingerprint density at radius 2 is 1.57 bits per heavy atom. The van der Waals surface area contributed by atoms with E-state index in [1.165, 1.54) is 11.8 Å². The molecular formula is C33H30ClN3O4S. The van der Waals surface area contributed by atoms with Crippen LogP contribution in [-0.2, 0) is 9.59 Å². The molecule has 214 valence electrons. The molecule has 0 heterocycles. The number of thioether (sulfide) groups is 1. The highest BCUT2D eigenvalue weighted by molar-refractivity contribution is 8.00. The molecule has 0 fully saturated rings. The van der Waals surface area contributed by atoms with Crippen molar-refractivity contribution in [3.63, 3.8) is 0 Å². The summed E-state index contributed by atoms with van der Waals surface area (Å²) in [6.45, 7) is 4.14. The molecule has 4 rings (SSSR count). The largest absolute Gasteiger partial charge is 0.493 e. The van der Waals surface area contributed by atoms with Crippen LogP contribution in [0.1, 0.15) is 29.8 Å². The number of ether oxygens (including phenoxy) is 1. The van der Waals surface area contributed by atoms with E-state index in [-0.39, 0.29) is 16.9 Å². The van der Waals surface area contributed by atoms with Gasteiger partial charge < -0.3 is 20.7 Å². The van der Waals surface area contributed by atoms with Crippen LogP contribution in [0.2, 0.25) is 5.02 Å². The molecule has 0 aliphatic rings. The van der Waals surface area contributed by atoms with Crippen LogP contribution >= 0.6 is 23.4 Å². The van der Waals surface area contributed by atoms with Gasteiger partial charge in [-0.05, 0) is 80.6 Å². The molecule has 7 nitrogen and oxygen atoms in total. The first-order valence-electron chi connectivity index (χ1n) is 13.3.